The van der Waals surface area contributed by atoms with Crippen molar-refractivity contribution in [2.45, 2.75) is 19.8 Å². The molecule has 0 unspecified atom stereocenters. The number of fused-ring (bicyclic) bond motifs is 1. The number of benzene rings is 1. The quantitative estimate of drug-likeness (QED) is 0.802. The van der Waals surface area contributed by atoms with Gasteiger partial charge in [0.25, 0.3) is 11.8 Å². The Hall–Kier alpha value is -2.68. The SMILES string of the molecule is CC1CC(C#N)(C(=O)Nc2ccc3c(c2)C(=O)NC3=O)C1. The molecule has 1 fully saturated rings. The highest BCUT2D eigenvalue weighted by molar-refractivity contribution is 6.22. The van der Waals surface area contributed by atoms with Crippen LogP contribution < -0.4 is 10.6 Å². The smallest absolute Gasteiger partial charge is 0.259 e. The first-order chi connectivity index (χ1) is 9.95. The van der Waals surface area contributed by atoms with Crippen molar-refractivity contribution in [3.8, 4) is 6.07 Å². The molecule has 2 N–H and O–H groups in total. The number of amides is 3. The number of rotatable bonds is 2. The fourth-order valence-electron chi connectivity index (χ4n) is 2.95. The van der Waals surface area contributed by atoms with Crippen molar-refractivity contribution in [2.75, 3.05) is 5.32 Å². The zero-order chi connectivity index (χ0) is 15.2. The number of carbonyl (C=O) groups is 3. The molecule has 3 rings (SSSR count). The van der Waals surface area contributed by atoms with Crippen molar-refractivity contribution in [3.63, 3.8) is 0 Å². The number of nitrogens with one attached hydrogen (secondary N) is 2. The maximum Gasteiger partial charge on any atom is 0.259 e. The summed E-state index contributed by atoms with van der Waals surface area (Å²) in [6.07, 6.45) is 1.08. The van der Waals surface area contributed by atoms with E-state index in [4.69, 9.17) is 0 Å². The van der Waals surface area contributed by atoms with Crippen LogP contribution in [-0.2, 0) is 4.79 Å². The highest BCUT2D eigenvalue weighted by Gasteiger charge is 2.49. The van der Waals surface area contributed by atoms with E-state index < -0.39 is 17.2 Å². The maximum absolute atomic E-state index is 12.2. The van der Waals surface area contributed by atoms with Gasteiger partial charge in [-0.3, -0.25) is 19.7 Å². The molecule has 0 saturated heterocycles. The molecular formula is C15H13N3O3. The number of hydrogen-bond donors (Lipinski definition) is 2. The summed E-state index contributed by atoms with van der Waals surface area (Å²) >= 11 is 0. The number of hydrogen-bond acceptors (Lipinski definition) is 4. The van der Waals surface area contributed by atoms with Gasteiger partial charge in [-0.1, -0.05) is 6.92 Å². The predicted octanol–water partition coefficient (Wildman–Crippen LogP) is 1.45. The summed E-state index contributed by atoms with van der Waals surface area (Å²) in [5, 5.41) is 14.1. The largest absolute Gasteiger partial charge is 0.325 e. The lowest BCUT2D eigenvalue weighted by atomic mass is 9.63. The molecule has 3 amide bonds. The topological polar surface area (TPSA) is 99.1 Å². The van der Waals surface area contributed by atoms with Crippen LogP contribution in [-0.4, -0.2) is 17.7 Å². The summed E-state index contributed by atoms with van der Waals surface area (Å²) in [6, 6.07) is 6.60. The van der Waals surface area contributed by atoms with Gasteiger partial charge in [-0.05, 0) is 37.0 Å². The lowest BCUT2D eigenvalue weighted by Gasteiger charge is -2.39. The second-order valence-electron chi connectivity index (χ2n) is 5.71. The standard InChI is InChI=1S/C15H13N3O3/c1-8-5-15(6-8,7-16)14(21)17-9-2-3-10-11(4-9)13(20)18-12(10)19/h2-4,8H,5-6H2,1H3,(H,17,21)(H,18,19,20). The van der Waals surface area contributed by atoms with Gasteiger partial charge in [0.1, 0.15) is 5.41 Å². The van der Waals surface area contributed by atoms with Crippen molar-refractivity contribution in [3.05, 3.63) is 29.3 Å². The molecule has 21 heavy (non-hydrogen) atoms. The molecule has 0 radical (unpaired) electrons. The van der Waals surface area contributed by atoms with Crippen molar-refractivity contribution in [2.24, 2.45) is 11.3 Å². The number of anilines is 1. The van der Waals surface area contributed by atoms with Gasteiger partial charge in [-0.15, -0.1) is 0 Å². The Balaban J connectivity index is 1.82. The van der Waals surface area contributed by atoms with Gasteiger partial charge in [0.15, 0.2) is 0 Å². The van der Waals surface area contributed by atoms with E-state index in [0.717, 1.165) is 0 Å². The average Bonchev–Trinajstić information content (AvgIpc) is 2.70. The first-order valence-electron chi connectivity index (χ1n) is 6.67. The Morgan fingerprint density at radius 3 is 2.62 bits per heavy atom. The van der Waals surface area contributed by atoms with Crippen LogP contribution in [0.25, 0.3) is 0 Å². The summed E-state index contributed by atoms with van der Waals surface area (Å²) in [6.45, 7) is 1.99. The molecule has 0 bridgehead atoms. The second-order valence-corrected chi connectivity index (χ2v) is 5.71. The van der Waals surface area contributed by atoms with Gasteiger partial charge in [0.05, 0.1) is 17.2 Å². The molecule has 1 aromatic carbocycles. The minimum atomic E-state index is -0.976. The molecule has 0 atom stereocenters. The van der Waals surface area contributed by atoms with Gasteiger partial charge < -0.3 is 5.32 Å². The van der Waals surface area contributed by atoms with Crippen LogP contribution >= 0.6 is 0 Å². The molecule has 6 heteroatoms. The van der Waals surface area contributed by atoms with E-state index in [1.165, 1.54) is 12.1 Å². The van der Waals surface area contributed by atoms with E-state index in [-0.39, 0.29) is 11.5 Å². The van der Waals surface area contributed by atoms with Gasteiger partial charge in [-0.25, -0.2) is 0 Å². The first kappa shape index (κ1) is 13.3. The van der Waals surface area contributed by atoms with Crippen LogP contribution in [0.5, 0.6) is 0 Å². The van der Waals surface area contributed by atoms with Gasteiger partial charge in [0, 0.05) is 5.69 Å². The predicted molar refractivity (Wildman–Crippen MR) is 73.3 cm³/mol. The van der Waals surface area contributed by atoms with Crippen LogP contribution in [0.3, 0.4) is 0 Å². The molecule has 1 aliphatic carbocycles. The Morgan fingerprint density at radius 1 is 1.33 bits per heavy atom. The molecule has 1 heterocycles. The third-order valence-electron chi connectivity index (χ3n) is 4.04. The molecule has 1 aromatic rings. The lowest BCUT2D eigenvalue weighted by molar-refractivity contribution is -0.128. The molecule has 6 nitrogen and oxygen atoms in total. The lowest BCUT2D eigenvalue weighted by Crippen LogP contribution is -2.45. The van der Waals surface area contributed by atoms with Gasteiger partial charge in [0.2, 0.25) is 5.91 Å². The van der Waals surface area contributed by atoms with E-state index >= 15 is 0 Å². The van der Waals surface area contributed by atoms with Crippen molar-refractivity contribution in [1.29, 1.82) is 5.26 Å². The maximum atomic E-state index is 12.2. The average molecular weight is 283 g/mol. The zero-order valence-electron chi connectivity index (χ0n) is 11.4. The van der Waals surface area contributed by atoms with E-state index in [2.05, 4.69) is 16.7 Å². The van der Waals surface area contributed by atoms with Gasteiger partial charge in [-0.2, -0.15) is 5.26 Å². The minimum Gasteiger partial charge on any atom is -0.325 e. The molecule has 106 valence electrons. The van der Waals surface area contributed by atoms with E-state index in [1.54, 1.807) is 6.07 Å². The fourth-order valence-corrected chi connectivity index (χ4v) is 2.95. The van der Waals surface area contributed by atoms with Crippen LogP contribution in [0.1, 0.15) is 40.5 Å². The Morgan fingerprint density at radius 2 is 2.00 bits per heavy atom. The molecule has 1 aliphatic heterocycles. The van der Waals surface area contributed by atoms with Crippen molar-refractivity contribution in [1.82, 2.24) is 5.32 Å². The van der Waals surface area contributed by atoms with Crippen molar-refractivity contribution < 1.29 is 14.4 Å². The summed E-state index contributed by atoms with van der Waals surface area (Å²) in [7, 11) is 0. The molecule has 0 aromatic heterocycles. The second kappa shape index (κ2) is 4.42. The van der Waals surface area contributed by atoms with Crippen molar-refractivity contribution >= 4 is 23.4 Å². The van der Waals surface area contributed by atoms with Crippen LogP contribution in [0, 0.1) is 22.7 Å². The van der Waals surface area contributed by atoms with E-state index in [0.29, 0.717) is 30.0 Å². The summed E-state index contributed by atoms with van der Waals surface area (Å²) < 4.78 is 0. The molecule has 2 aliphatic rings. The Labute approximate surface area is 121 Å². The van der Waals surface area contributed by atoms with E-state index in [1.807, 2.05) is 6.92 Å². The third-order valence-corrected chi connectivity index (χ3v) is 4.04. The van der Waals surface area contributed by atoms with E-state index in [9.17, 15) is 19.6 Å². The highest BCUT2D eigenvalue weighted by Crippen LogP contribution is 2.45. The Kier molecular flexibility index (Phi) is 2.80. The van der Waals surface area contributed by atoms with Crippen LogP contribution in [0.4, 0.5) is 5.69 Å². The number of nitriles is 1. The molecular weight excluding hydrogens is 270 g/mol. The number of imide groups is 1. The third kappa shape index (κ3) is 1.98. The minimum absolute atomic E-state index is 0.241. The number of nitrogens with zero attached hydrogens (tertiary/aromatic N) is 1. The summed E-state index contributed by atoms with van der Waals surface area (Å²) in [5.74, 6) is -0.904. The van der Waals surface area contributed by atoms with Crippen LogP contribution in [0.15, 0.2) is 18.2 Å². The first-order valence-corrected chi connectivity index (χ1v) is 6.67. The normalized spacial score (nSPS) is 26.4. The summed E-state index contributed by atoms with van der Waals surface area (Å²) in [5.41, 5.74) is -0.0231. The Bertz CT molecular complexity index is 711. The van der Waals surface area contributed by atoms with Gasteiger partial charge >= 0.3 is 0 Å². The van der Waals surface area contributed by atoms with Crippen LogP contribution in [0.2, 0.25) is 0 Å². The summed E-state index contributed by atoms with van der Waals surface area (Å²) in [4.78, 5) is 35.3. The fraction of sp³-hybridized carbons (Fsp3) is 0.333. The monoisotopic (exact) mass is 283 g/mol. The zero-order valence-corrected chi connectivity index (χ0v) is 11.4. The molecule has 1 saturated carbocycles. The number of carbonyl (C=O) groups excluding carboxylic acids is 3. The highest BCUT2D eigenvalue weighted by atomic mass is 16.2. The molecule has 0 spiro atoms.